The number of carbonyl (C=O) groups excluding carboxylic acids is 2. The van der Waals surface area contributed by atoms with E-state index < -0.39 is 28.8 Å². The average molecular weight is 367 g/mol. The lowest BCUT2D eigenvalue weighted by Crippen LogP contribution is -2.38. The summed E-state index contributed by atoms with van der Waals surface area (Å²) < 4.78 is 0. The van der Waals surface area contributed by atoms with Gasteiger partial charge in [-0.05, 0) is 25.5 Å². The van der Waals surface area contributed by atoms with Crippen LogP contribution in [-0.2, 0) is 9.59 Å². The second kappa shape index (κ2) is 7.51. The van der Waals surface area contributed by atoms with E-state index in [1.165, 1.54) is 17.0 Å². The highest BCUT2D eigenvalue weighted by atomic mass is 32.2. The lowest BCUT2D eigenvalue weighted by atomic mass is 10.0. The molecule has 0 radical (unpaired) electrons. The van der Waals surface area contributed by atoms with E-state index in [9.17, 15) is 24.5 Å². The highest BCUT2D eigenvalue weighted by Gasteiger charge is 2.38. The Balaban J connectivity index is 2.08. The Morgan fingerprint density at radius 1 is 1.44 bits per heavy atom. The van der Waals surface area contributed by atoms with Gasteiger partial charge >= 0.3 is 5.97 Å². The van der Waals surface area contributed by atoms with Crippen LogP contribution in [0.15, 0.2) is 23.1 Å². The van der Waals surface area contributed by atoms with Crippen LogP contribution in [0.1, 0.15) is 23.7 Å². The van der Waals surface area contributed by atoms with E-state index in [1.54, 1.807) is 6.92 Å². The summed E-state index contributed by atoms with van der Waals surface area (Å²) in [6, 6.07) is 3.40. The van der Waals surface area contributed by atoms with Gasteiger partial charge in [0.25, 0.3) is 5.69 Å². The number of amides is 2. The van der Waals surface area contributed by atoms with Gasteiger partial charge in [-0.3, -0.25) is 24.5 Å². The molecule has 2 unspecified atom stereocenters. The Labute approximate surface area is 147 Å². The lowest BCUT2D eigenvalue weighted by Gasteiger charge is -2.23. The molecule has 1 fully saturated rings. The predicted molar refractivity (Wildman–Crippen MR) is 89.3 cm³/mol. The third-order valence-corrected chi connectivity index (χ3v) is 5.23. The molecule has 2 rings (SSSR count). The van der Waals surface area contributed by atoms with Crippen LogP contribution in [0, 0.1) is 16.0 Å². The molecule has 25 heavy (non-hydrogen) atoms. The van der Waals surface area contributed by atoms with Crippen LogP contribution in [0.4, 0.5) is 5.69 Å². The minimum atomic E-state index is -0.937. The smallest absolute Gasteiger partial charge is 0.308 e. The Morgan fingerprint density at radius 2 is 2.12 bits per heavy atom. The first-order chi connectivity index (χ1) is 11.7. The molecule has 0 aliphatic carbocycles. The molecule has 9 nitrogen and oxygen atoms in total. The van der Waals surface area contributed by atoms with Crippen LogP contribution in [0.25, 0.3) is 0 Å². The van der Waals surface area contributed by atoms with E-state index in [4.69, 9.17) is 10.8 Å². The van der Waals surface area contributed by atoms with E-state index in [-0.39, 0.29) is 27.8 Å². The number of nitro groups is 1. The second-order valence-corrected chi connectivity index (χ2v) is 6.67. The Hall–Kier alpha value is -2.62. The Bertz CT molecular complexity index is 738. The Kier molecular flexibility index (Phi) is 5.62. The largest absolute Gasteiger partial charge is 0.481 e. The second-order valence-electron chi connectivity index (χ2n) is 5.65. The summed E-state index contributed by atoms with van der Waals surface area (Å²) in [6.07, 6.45) is 0.389. The van der Waals surface area contributed by atoms with Crippen molar-refractivity contribution in [2.24, 2.45) is 11.7 Å². The van der Waals surface area contributed by atoms with Gasteiger partial charge in [-0.15, -0.1) is 11.8 Å². The van der Waals surface area contributed by atoms with E-state index in [0.717, 1.165) is 17.8 Å². The number of carbonyl (C=O) groups is 3. The zero-order chi connectivity index (χ0) is 18.7. The molecule has 1 aliphatic rings. The van der Waals surface area contributed by atoms with Crippen LogP contribution in [-0.4, -0.2) is 51.1 Å². The number of benzene rings is 1. The average Bonchev–Trinajstić information content (AvgIpc) is 2.94. The standard InChI is InChI=1S/C15H17N3O6S/c1-8-10(15(21)22)4-5-17(8)13(19)7-25-12-3-2-9(14(16)20)6-11(12)18(23)24/h2-3,6,8,10H,4-5,7H2,1H3,(H2,16,20)(H,21,22). The van der Waals surface area contributed by atoms with E-state index in [2.05, 4.69) is 0 Å². The molecular weight excluding hydrogens is 350 g/mol. The minimum Gasteiger partial charge on any atom is -0.481 e. The number of likely N-dealkylation sites (tertiary alicyclic amines) is 1. The van der Waals surface area contributed by atoms with Gasteiger partial charge in [-0.2, -0.15) is 0 Å². The Morgan fingerprint density at radius 3 is 2.64 bits per heavy atom. The van der Waals surface area contributed by atoms with Gasteiger partial charge in [0.15, 0.2) is 0 Å². The van der Waals surface area contributed by atoms with Gasteiger partial charge in [-0.25, -0.2) is 0 Å². The van der Waals surface area contributed by atoms with Crippen molar-refractivity contribution in [3.05, 3.63) is 33.9 Å². The molecule has 0 spiro atoms. The quantitative estimate of drug-likeness (QED) is 0.435. The van der Waals surface area contributed by atoms with Gasteiger partial charge in [0.05, 0.1) is 21.5 Å². The van der Waals surface area contributed by atoms with Crippen molar-refractivity contribution in [3.8, 4) is 0 Å². The van der Waals surface area contributed by atoms with Crippen LogP contribution in [0.5, 0.6) is 0 Å². The molecule has 0 aromatic heterocycles. The van der Waals surface area contributed by atoms with E-state index >= 15 is 0 Å². The number of carboxylic acid groups (broad SMARTS) is 1. The number of hydrogen-bond acceptors (Lipinski definition) is 6. The molecular formula is C15H17N3O6S. The maximum atomic E-state index is 12.3. The SMILES string of the molecule is CC1C(C(=O)O)CCN1C(=O)CSc1ccc(C(N)=O)cc1[N+](=O)[O-]. The number of primary amides is 1. The molecule has 1 heterocycles. The summed E-state index contributed by atoms with van der Waals surface area (Å²) in [4.78, 5) is 46.8. The topological polar surface area (TPSA) is 144 Å². The van der Waals surface area contributed by atoms with Gasteiger partial charge in [0, 0.05) is 24.2 Å². The van der Waals surface area contributed by atoms with E-state index in [1.807, 2.05) is 0 Å². The first kappa shape index (κ1) is 18.7. The molecule has 0 bridgehead atoms. The van der Waals surface area contributed by atoms with Crippen LogP contribution in [0.2, 0.25) is 0 Å². The van der Waals surface area contributed by atoms with Crippen LogP contribution in [0.3, 0.4) is 0 Å². The molecule has 2 amide bonds. The number of carboxylic acids is 1. The van der Waals surface area contributed by atoms with Gasteiger partial charge in [-0.1, -0.05) is 0 Å². The summed E-state index contributed by atoms with van der Waals surface area (Å²) in [6.45, 7) is 2.03. The minimum absolute atomic E-state index is 0.0137. The van der Waals surface area contributed by atoms with Gasteiger partial charge in [0.1, 0.15) is 0 Å². The van der Waals surface area contributed by atoms with Crippen molar-refractivity contribution in [1.29, 1.82) is 0 Å². The summed E-state index contributed by atoms with van der Waals surface area (Å²) >= 11 is 0.970. The number of nitrogens with two attached hydrogens (primary N) is 1. The molecule has 1 aromatic carbocycles. The zero-order valence-electron chi connectivity index (χ0n) is 13.4. The predicted octanol–water partition coefficient (Wildman–Crippen LogP) is 1.11. The first-order valence-corrected chi connectivity index (χ1v) is 8.44. The monoisotopic (exact) mass is 367 g/mol. The molecule has 1 aromatic rings. The molecule has 1 saturated heterocycles. The molecule has 0 saturated carbocycles. The van der Waals surface area contributed by atoms with Crippen LogP contribution >= 0.6 is 11.8 Å². The normalized spacial score (nSPS) is 19.6. The number of hydrogen-bond donors (Lipinski definition) is 2. The van der Waals surface area contributed by atoms with Crippen LogP contribution < -0.4 is 5.73 Å². The summed E-state index contributed by atoms with van der Waals surface area (Å²) in [5, 5.41) is 20.3. The van der Waals surface area contributed by atoms with Crippen molar-refractivity contribution in [1.82, 2.24) is 4.90 Å². The molecule has 3 N–H and O–H groups in total. The summed E-state index contributed by atoms with van der Waals surface area (Å²) in [5.41, 5.74) is 4.83. The number of rotatable bonds is 6. The summed E-state index contributed by atoms with van der Waals surface area (Å²) in [5.74, 6) is -2.66. The fourth-order valence-electron chi connectivity index (χ4n) is 2.78. The maximum absolute atomic E-state index is 12.3. The molecule has 134 valence electrons. The number of thioether (sulfide) groups is 1. The molecule has 10 heteroatoms. The lowest BCUT2D eigenvalue weighted by molar-refractivity contribution is -0.387. The van der Waals surface area contributed by atoms with Crippen molar-refractivity contribution in [2.45, 2.75) is 24.3 Å². The van der Waals surface area contributed by atoms with Gasteiger partial charge in [0.2, 0.25) is 11.8 Å². The fraction of sp³-hybridized carbons (Fsp3) is 0.400. The molecule has 1 aliphatic heterocycles. The number of nitrogens with zero attached hydrogens (tertiary/aromatic N) is 2. The summed E-state index contributed by atoms with van der Waals surface area (Å²) in [7, 11) is 0. The van der Waals surface area contributed by atoms with Crippen molar-refractivity contribution >= 4 is 35.2 Å². The first-order valence-electron chi connectivity index (χ1n) is 7.45. The highest BCUT2D eigenvalue weighted by Crippen LogP contribution is 2.31. The van der Waals surface area contributed by atoms with Crippen molar-refractivity contribution in [3.63, 3.8) is 0 Å². The molecule has 2 atom stereocenters. The number of aliphatic carboxylic acids is 1. The third-order valence-electron chi connectivity index (χ3n) is 4.18. The van der Waals surface area contributed by atoms with Crippen molar-refractivity contribution in [2.75, 3.05) is 12.3 Å². The highest BCUT2D eigenvalue weighted by molar-refractivity contribution is 8.00. The zero-order valence-corrected chi connectivity index (χ0v) is 14.2. The van der Waals surface area contributed by atoms with Crippen molar-refractivity contribution < 1.29 is 24.4 Å². The van der Waals surface area contributed by atoms with E-state index in [0.29, 0.717) is 13.0 Å². The fourth-order valence-corrected chi connectivity index (χ4v) is 3.67. The number of nitro benzene ring substituents is 1. The van der Waals surface area contributed by atoms with Gasteiger partial charge < -0.3 is 15.7 Å². The maximum Gasteiger partial charge on any atom is 0.308 e. The third kappa shape index (κ3) is 4.08.